The lowest BCUT2D eigenvalue weighted by atomic mass is 10.1. The molecule has 0 fully saturated rings. The Morgan fingerprint density at radius 3 is 2.75 bits per heavy atom. The molecule has 0 unspecified atom stereocenters. The molecule has 5 nitrogen and oxygen atoms in total. The standard InChI is InChI=1S/C18H17ClN4O/c1-12-16(15-4-2-3-5-17(15)22-12)10-21-23-18(24)11-20-14-8-6-13(19)7-9-14/h2-10,20,22H,11H2,1H3,(H,23,24)/b21-10-. The summed E-state index contributed by atoms with van der Waals surface area (Å²) in [6.07, 6.45) is 1.66. The summed E-state index contributed by atoms with van der Waals surface area (Å²) in [6, 6.07) is 15.1. The first-order valence-electron chi connectivity index (χ1n) is 7.52. The molecule has 2 aromatic carbocycles. The van der Waals surface area contributed by atoms with Crippen LogP contribution in [0.25, 0.3) is 10.9 Å². The fourth-order valence-electron chi connectivity index (χ4n) is 2.42. The van der Waals surface area contributed by atoms with Crippen molar-refractivity contribution in [1.82, 2.24) is 10.4 Å². The van der Waals surface area contributed by atoms with E-state index in [2.05, 4.69) is 20.8 Å². The van der Waals surface area contributed by atoms with Gasteiger partial charge in [0.05, 0.1) is 12.8 Å². The van der Waals surface area contributed by atoms with E-state index in [-0.39, 0.29) is 12.5 Å². The first kappa shape index (κ1) is 16.1. The van der Waals surface area contributed by atoms with Crippen molar-refractivity contribution in [3.63, 3.8) is 0 Å². The maximum atomic E-state index is 11.8. The maximum absolute atomic E-state index is 11.8. The number of hydrazone groups is 1. The molecular formula is C18H17ClN4O. The third-order valence-electron chi connectivity index (χ3n) is 3.62. The Kier molecular flexibility index (Phi) is 4.82. The third kappa shape index (κ3) is 3.75. The number of anilines is 1. The second-order valence-corrected chi connectivity index (χ2v) is 5.80. The molecule has 0 aliphatic carbocycles. The van der Waals surface area contributed by atoms with Crippen LogP contribution in [0.2, 0.25) is 5.02 Å². The minimum atomic E-state index is -0.223. The molecule has 122 valence electrons. The molecule has 0 atom stereocenters. The number of H-pyrrole nitrogens is 1. The summed E-state index contributed by atoms with van der Waals surface area (Å²) < 4.78 is 0. The molecule has 0 saturated heterocycles. The number of aryl methyl sites for hydroxylation is 1. The number of halogens is 1. The number of fused-ring (bicyclic) bond motifs is 1. The number of rotatable bonds is 5. The van der Waals surface area contributed by atoms with Crippen molar-refractivity contribution in [1.29, 1.82) is 0 Å². The summed E-state index contributed by atoms with van der Waals surface area (Å²) in [5.74, 6) is -0.223. The molecule has 0 saturated carbocycles. The Hall–Kier alpha value is -2.79. The van der Waals surface area contributed by atoms with Gasteiger partial charge in [-0.25, -0.2) is 5.43 Å². The smallest absolute Gasteiger partial charge is 0.259 e. The monoisotopic (exact) mass is 340 g/mol. The van der Waals surface area contributed by atoms with Crippen LogP contribution in [0.1, 0.15) is 11.3 Å². The van der Waals surface area contributed by atoms with Gasteiger partial charge in [0.1, 0.15) is 0 Å². The average Bonchev–Trinajstić information content (AvgIpc) is 2.90. The lowest BCUT2D eigenvalue weighted by Crippen LogP contribution is -2.25. The summed E-state index contributed by atoms with van der Waals surface area (Å²) in [5, 5.41) is 8.78. The quantitative estimate of drug-likeness (QED) is 0.489. The van der Waals surface area contributed by atoms with E-state index < -0.39 is 0 Å². The van der Waals surface area contributed by atoms with E-state index in [0.29, 0.717) is 5.02 Å². The summed E-state index contributed by atoms with van der Waals surface area (Å²) in [5.41, 5.74) is 6.37. The number of hydrogen-bond acceptors (Lipinski definition) is 3. The highest BCUT2D eigenvalue weighted by Gasteiger charge is 2.05. The van der Waals surface area contributed by atoms with Crippen LogP contribution < -0.4 is 10.7 Å². The molecule has 3 aromatic rings. The fraction of sp³-hybridized carbons (Fsp3) is 0.111. The number of benzene rings is 2. The average molecular weight is 341 g/mol. The van der Waals surface area contributed by atoms with Crippen LogP contribution in [-0.4, -0.2) is 23.7 Å². The Bertz CT molecular complexity index is 884. The molecule has 0 bridgehead atoms. The SMILES string of the molecule is Cc1[nH]c2ccccc2c1/C=N\NC(=O)CNc1ccc(Cl)cc1. The van der Waals surface area contributed by atoms with E-state index in [4.69, 9.17) is 11.6 Å². The zero-order valence-electron chi connectivity index (χ0n) is 13.1. The lowest BCUT2D eigenvalue weighted by Gasteiger charge is -2.05. The highest BCUT2D eigenvalue weighted by Crippen LogP contribution is 2.19. The van der Waals surface area contributed by atoms with Gasteiger partial charge in [-0.1, -0.05) is 29.8 Å². The zero-order valence-corrected chi connectivity index (χ0v) is 13.9. The molecule has 0 aliphatic rings. The maximum Gasteiger partial charge on any atom is 0.259 e. The predicted molar refractivity (Wildman–Crippen MR) is 98.7 cm³/mol. The molecule has 6 heteroatoms. The van der Waals surface area contributed by atoms with Gasteiger partial charge in [0.15, 0.2) is 0 Å². The molecule has 3 rings (SSSR count). The first-order valence-corrected chi connectivity index (χ1v) is 7.90. The number of aromatic amines is 1. The molecule has 1 aromatic heterocycles. The molecule has 0 spiro atoms. The van der Waals surface area contributed by atoms with Crippen LogP contribution in [0.4, 0.5) is 5.69 Å². The van der Waals surface area contributed by atoms with Crippen LogP contribution in [0.3, 0.4) is 0 Å². The van der Waals surface area contributed by atoms with E-state index >= 15 is 0 Å². The lowest BCUT2D eigenvalue weighted by molar-refractivity contribution is -0.119. The molecule has 1 heterocycles. The number of carbonyl (C=O) groups is 1. The van der Waals surface area contributed by atoms with Crippen LogP contribution in [-0.2, 0) is 4.79 Å². The molecular weight excluding hydrogens is 324 g/mol. The summed E-state index contributed by atoms with van der Waals surface area (Å²) in [7, 11) is 0. The normalized spacial score (nSPS) is 11.1. The number of para-hydroxylation sites is 1. The van der Waals surface area contributed by atoms with Crippen molar-refractivity contribution in [2.24, 2.45) is 5.10 Å². The van der Waals surface area contributed by atoms with Gasteiger partial charge in [-0.3, -0.25) is 4.79 Å². The summed E-state index contributed by atoms with van der Waals surface area (Å²) in [4.78, 5) is 15.1. The highest BCUT2D eigenvalue weighted by molar-refractivity contribution is 6.30. The fourth-order valence-corrected chi connectivity index (χ4v) is 2.55. The topological polar surface area (TPSA) is 69.3 Å². The van der Waals surface area contributed by atoms with E-state index in [1.54, 1.807) is 18.3 Å². The van der Waals surface area contributed by atoms with E-state index in [1.807, 2.05) is 43.3 Å². The van der Waals surface area contributed by atoms with Gasteiger partial charge in [-0.15, -0.1) is 0 Å². The van der Waals surface area contributed by atoms with Crippen LogP contribution in [0, 0.1) is 6.92 Å². The van der Waals surface area contributed by atoms with Crippen molar-refractivity contribution in [3.8, 4) is 0 Å². The van der Waals surface area contributed by atoms with Gasteiger partial charge in [-0.2, -0.15) is 5.10 Å². The van der Waals surface area contributed by atoms with Crippen LogP contribution >= 0.6 is 11.6 Å². The molecule has 0 aliphatic heterocycles. The predicted octanol–water partition coefficient (Wildman–Crippen LogP) is 3.69. The number of aromatic nitrogens is 1. The van der Waals surface area contributed by atoms with Gasteiger partial charge in [0.2, 0.25) is 0 Å². The van der Waals surface area contributed by atoms with Crippen molar-refractivity contribution >= 4 is 40.3 Å². The molecule has 1 amide bonds. The Morgan fingerprint density at radius 1 is 1.21 bits per heavy atom. The van der Waals surface area contributed by atoms with Gasteiger partial charge in [-0.05, 0) is 37.3 Å². The van der Waals surface area contributed by atoms with Crippen molar-refractivity contribution in [2.45, 2.75) is 6.92 Å². The zero-order chi connectivity index (χ0) is 16.9. The number of amides is 1. The summed E-state index contributed by atoms with van der Waals surface area (Å²) >= 11 is 5.82. The van der Waals surface area contributed by atoms with E-state index in [0.717, 1.165) is 27.8 Å². The minimum Gasteiger partial charge on any atom is -0.376 e. The number of nitrogens with zero attached hydrogens (tertiary/aromatic N) is 1. The molecule has 3 N–H and O–H groups in total. The first-order chi connectivity index (χ1) is 11.6. The second-order valence-electron chi connectivity index (χ2n) is 5.36. The Morgan fingerprint density at radius 2 is 1.96 bits per heavy atom. The van der Waals surface area contributed by atoms with Crippen LogP contribution in [0.15, 0.2) is 53.6 Å². The number of nitrogens with one attached hydrogen (secondary N) is 3. The minimum absolute atomic E-state index is 0.131. The Balaban J connectivity index is 1.58. The second kappa shape index (κ2) is 7.19. The van der Waals surface area contributed by atoms with Gasteiger partial charge in [0.25, 0.3) is 5.91 Å². The van der Waals surface area contributed by atoms with Crippen molar-refractivity contribution < 1.29 is 4.79 Å². The Labute approximate surface area is 144 Å². The highest BCUT2D eigenvalue weighted by atomic mass is 35.5. The largest absolute Gasteiger partial charge is 0.376 e. The van der Waals surface area contributed by atoms with Gasteiger partial charge >= 0.3 is 0 Å². The van der Waals surface area contributed by atoms with E-state index in [1.165, 1.54) is 0 Å². The molecule has 24 heavy (non-hydrogen) atoms. The third-order valence-corrected chi connectivity index (χ3v) is 3.88. The van der Waals surface area contributed by atoms with E-state index in [9.17, 15) is 4.79 Å². The van der Waals surface area contributed by atoms with Crippen LogP contribution in [0.5, 0.6) is 0 Å². The number of hydrogen-bond donors (Lipinski definition) is 3. The summed E-state index contributed by atoms with van der Waals surface area (Å²) in [6.45, 7) is 2.11. The molecule has 0 radical (unpaired) electrons. The van der Waals surface area contributed by atoms with Crippen molar-refractivity contribution in [3.05, 3.63) is 64.8 Å². The van der Waals surface area contributed by atoms with Gasteiger partial charge in [0, 0.05) is 32.9 Å². The van der Waals surface area contributed by atoms with Crippen molar-refractivity contribution in [2.75, 3.05) is 11.9 Å². The number of carbonyl (C=O) groups excluding carboxylic acids is 1. The van der Waals surface area contributed by atoms with Gasteiger partial charge < -0.3 is 10.3 Å².